The Morgan fingerprint density at radius 1 is 0.903 bits per heavy atom. The molecule has 0 aliphatic carbocycles. The van der Waals surface area contributed by atoms with Crippen molar-refractivity contribution >= 4 is 17.7 Å². The van der Waals surface area contributed by atoms with E-state index >= 15 is 0 Å². The number of carbonyl (C=O) groups excluding carboxylic acids is 2. The van der Waals surface area contributed by atoms with Gasteiger partial charge in [0.05, 0.1) is 5.69 Å². The van der Waals surface area contributed by atoms with E-state index in [1.54, 1.807) is 42.5 Å². The van der Waals surface area contributed by atoms with E-state index in [0.29, 0.717) is 11.3 Å². The highest BCUT2D eigenvalue weighted by Crippen LogP contribution is 2.30. The molecular weight excluding hydrogens is 392 g/mol. The predicted molar refractivity (Wildman–Crippen MR) is 121 cm³/mol. The Morgan fingerprint density at radius 3 is 2.23 bits per heavy atom. The molecule has 3 N–H and O–H groups in total. The summed E-state index contributed by atoms with van der Waals surface area (Å²) in [5.41, 5.74) is 3.01. The maximum absolute atomic E-state index is 12.6. The molecule has 3 aromatic rings. The molecule has 0 atom stereocenters. The van der Waals surface area contributed by atoms with E-state index in [-0.39, 0.29) is 23.8 Å². The van der Waals surface area contributed by atoms with Crippen LogP contribution in [-0.2, 0) is 11.3 Å². The minimum Gasteiger partial charge on any atom is -0.506 e. The van der Waals surface area contributed by atoms with Crippen molar-refractivity contribution in [2.24, 2.45) is 0 Å². The van der Waals surface area contributed by atoms with Gasteiger partial charge in [0.1, 0.15) is 12.4 Å². The van der Waals surface area contributed by atoms with Crippen LogP contribution in [0.15, 0.2) is 72.8 Å². The lowest BCUT2D eigenvalue weighted by Crippen LogP contribution is -2.40. The number of rotatable bonds is 5. The molecule has 0 aliphatic heterocycles. The zero-order valence-corrected chi connectivity index (χ0v) is 17.8. The Bertz CT molecular complexity index is 1060. The highest BCUT2D eigenvalue weighted by atomic mass is 16.5. The summed E-state index contributed by atoms with van der Waals surface area (Å²) in [7, 11) is 0. The third-order valence-corrected chi connectivity index (χ3v) is 4.41. The van der Waals surface area contributed by atoms with Crippen LogP contribution in [0.5, 0.6) is 5.75 Å². The lowest BCUT2D eigenvalue weighted by Gasteiger charge is -2.19. The van der Waals surface area contributed by atoms with Crippen molar-refractivity contribution in [1.29, 1.82) is 0 Å². The Kier molecular flexibility index (Phi) is 6.60. The second kappa shape index (κ2) is 9.34. The zero-order chi connectivity index (χ0) is 22.4. The SMILES string of the molecule is CC(C)(C)NC(=O)OCc1ccc(C(=O)Nc2cc(-c3ccccc3)ccc2O)cc1. The van der Waals surface area contributed by atoms with Crippen molar-refractivity contribution in [1.82, 2.24) is 5.32 Å². The molecule has 2 amide bonds. The number of ether oxygens (including phenoxy) is 1. The number of nitrogens with one attached hydrogen (secondary N) is 2. The fourth-order valence-corrected chi connectivity index (χ4v) is 2.88. The van der Waals surface area contributed by atoms with Crippen LogP contribution in [-0.4, -0.2) is 22.6 Å². The highest BCUT2D eigenvalue weighted by Gasteiger charge is 2.15. The summed E-state index contributed by atoms with van der Waals surface area (Å²) in [6.07, 6.45) is -0.497. The number of alkyl carbamates (subject to hydrolysis) is 1. The van der Waals surface area contributed by atoms with E-state index in [1.165, 1.54) is 0 Å². The summed E-state index contributed by atoms with van der Waals surface area (Å²) in [5, 5.41) is 15.6. The van der Waals surface area contributed by atoms with Gasteiger partial charge in [-0.15, -0.1) is 0 Å². The lowest BCUT2D eigenvalue weighted by molar-refractivity contribution is 0.102. The molecule has 0 unspecified atom stereocenters. The zero-order valence-electron chi connectivity index (χ0n) is 17.8. The van der Waals surface area contributed by atoms with E-state index in [4.69, 9.17) is 4.74 Å². The van der Waals surface area contributed by atoms with Crippen LogP contribution in [0.1, 0.15) is 36.7 Å². The third-order valence-electron chi connectivity index (χ3n) is 4.41. The molecule has 6 heteroatoms. The molecule has 6 nitrogen and oxygen atoms in total. The van der Waals surface area contributed by atoms with Gasteiger partial charge in [0, 0.05) is 11.1 Å². The maximum Gasteiger partial charge on any atom is 0.407 e. The average Bonchev–Trinajstić information content (AvgIpc) is 2.73. The molecule has 3 rings (SSSR count). The first kappa shape index (κ1) is 21.9. The monoisotopic (exact) mass is 418 g/mol. The van der Waals surface area contributed by atoms with Gasteiger partial charge in [0.25, 0.3) is 5.91 Å². The van der Waals surface area contributed by atoms with Gasteiger partial charge in [0.2, 0.25) is 0 Å². The molecule has 0 radical (unpaired) electrons. The number of anilines is 1. The summed E-state index contributed by atoms with van der Waals surface area (Å²) in [5.74, 6) is -0.360. The Morgan fingerprint density at radius 2 is 1.58 bits per heavy atom. The number of hydrogen-bond donors (Lipinski definition) is 3. The minimum absolute atomic E-state index is 0.0112. The van der Waals surface area contributed by atoms with Crippen LogP contribution in [0, 0.1) is 0 Å². The van der Waals surface area contributed by atoms with E-state index in [2.05, 4.69) is 10.6 Å². The van der Waals surface area contributed by atoms with Gasteiger partial charge in [-0.1, -0.05) is 48.5 Å². The van der Waals surface area contributed by atoms with E-state index in [9.17, 15) is 14.7 Å². The number of benzene rings is 3. The summed E-state index contributed by atoms with van der Waals surface area (Å²) >= 11 is 0. The number of phenols is 1. The molecule has 0 saturated carbocycles. The van der Waals surface area contributed by atoms with Crippen LogP contribution >= 0.6 is 0 Å². The molecule has 0 aromatic heterocycles. The molecular formula is C25H26N2O4. The highest BCUT2D eigenvalue weighted by molar-refractivity contribution is 6.05. The molecule has 160 valence electrons. The van der Waals surface area contributed by atoms with Crippen LogP contribution in [0.4, 0.5) is 10.5 Å². The van der Waals surface area contributed by atoms with Crippen molar-refractivity contribution in [3.63, 3.8) is 0 Å². The normalized spacial score (nSPS) is 10.9. The van der Waals surface area contributed by atoms with Crippen molar-refractivity contribution in [2.45, 2.75) is 32.9 Å². The molecule has 31 heavy (non-hydrogen) atoms. The summed E-state index contributed by atoms with van der Waals surface area (Å²) in [6.45, 7) is 5.71. The standard InChI is InChI=1S/C25H26N2O4/c1-25(2,3)27-24(30)31-16-17-9-11-19(12-10-17)23(29)26-21-15-20(13-14-22(21)28)18-7-5-4-6-8-18/h4-15,28H,16H2,1-3H3,(H,26,29)(H,27,30). The fourth-order valence-electron chi connectivity index (χ4n) is 2.88. The summed E-state index contributed by atoms with van der Waals surface area (Å²) in [6, 6.07) is 21.5. The first-order valence-corrected chi connectivity index (χ1v) is 9.95. The largest absolute Gasteiger partial charge is 0.506 e. The van der Waals surface area contributed by atoms with Gasteiger partial charge in [-0.3, -0.25) is 4.79 Å². The van der Waals surface area contributed by atoms with Crippen LogP contribution in [0.3, 0.4) is 0 Å². The van der Waals surface area contributed by atoms with Gasteiger partial charge in [-0.2, -0.15) is 0 Å². The Balaban J connectivity index is 1.64. The lowest BCUT2D eigenvalue weighted by atomic mass is 10.0. The molecule has 0 spiro atoms. The van der Waals surface area contributed by atoms with Gasteiger partial charge < -0.3 is 20.5 Å². The molecule has 0 fully saturated rings. The molecule has 0 aliphatic rings. The summed E-state index contributed by atoms with van der Waals surface area (Å²) < 4.78 is 5.19. The van der Waals surface area contributed by atoms with E-state index < -0.39 is 6.09 Å². The van der Waals surface area contributed by atoms with Crippen LogP contribution in [0.25, 0.3) is 11.1 Å². The number of carbonyl (C=O) groups is 2. The van der Waals surface area contributed by atoms with Gasteiger partial charge in [0.15, 0.2) is 0 Å². The second-order valence-corrected chi connectivity index (χ2v) is 8.20. The third kappa shape index (κ3) is 6.34. The van der Waals surface area contributed by atoms with Gasteiger partial charge in [-0.05, 0) is 61.7 Å². The van der Waals surface area contributed by atoms with Gasteiger partial charge in [-0.25, -0.2) is 4.79 Å². The number of hydrogen-bond acceptors (Lipinski definition) is 4. The number of phenolic OH excluding ortho intramolecular Hbond substituents is 1. The van der Waals surface area contributed by atoms with Crippen molar-refractivity contribution in [3.8, 4) is 16.9 Å². The number of amides is 2. The fraction of sp³-hybridized carbons (Fsp3) is 0.200. The maximum atomic E-state index is 12.6. The minimum atomic E-state index is -0.497. The topological polar surface area (TPSA) is 87.7 Å². The molecule has 3 aromatic carbocycles. The van der Waals surface area contributed by atoms with Gasteiger partial charge >= 0.3 is 6.09 Å². The van der Waals surface area contributed by atoms with Crippen molar-refractivity contribution < 1.29 is 19.4 Å². The molecule has 0 bridgehead atoms. The second-order valence-electron chi connectivity index (χ2n) is 8.20. The first-order valence-electron chi connectivity index (χ1n) is 9.95. The van der Waals surface area contributed by atoms with E-state index in [0.717, 1.165) is 16.7 Å². The van der Waals surface area contributed by atoms with Crippen LogP contribution in [0.2, 0.25) is 0 Å². The molecule has 0 saturated heterocycles. The summed E-state index contributed by atoms with van der Waals surface area (Å²) in [4.78, 5) is 24.4. The average molecular weight is 418 g/mol. The van der Waals surface area contributed by atoms with Crippen molar-refractivity contribution in [3.05, 3.63) is 83.9 Å². The first-order chi connectivity index (χ1) is 14.7. The quantitative estimate of drug-likeness (QED) is 0.488. The number of aromatic hydroxyl groups is 1. The molecule has 0 heterocycles. The predicted octanol–water partition coefficient (Wildman–Crippen LogP) is 5.34. The Labute approximate surface area is 181 Å². The van der Waals surface area contributed by atoms with E-state index in [1.807, 2.05) is 51.1 Å². The smallest absolute Gasteiger partial charge is 0.407 e. The van der Waals surface area contributed by atoms with Crippen LogP contribution < -0.4 is 10.6 Å². The Hall–Kier alpha value is -3.80. The van der Waals surface area contributed by atoms with Crippen molar-refractivity contribution in [2.75, 3.05) is 5.32 Å².